The Bertz CT molecular complexity index is 1040. The van der Waals surface area contributed by atoms with Gasteiger partial charge in [-0.3, -0.25) is 0 Å². The van der Waals surface area contributed by atoms with Crippen molar-refractivity contribution in [2.24, 2.45) is 23.7 Å². The molecule has 1 aliphatic heterocycles. The third-order valence-electron chi connectivity index (χ3n) is 10.8. The molecule has 194 valence electrons. The van der Waals surface area contributed by atoms with Gasteiger partial charge in [-0.15, -0.1) is 0 Å². The van der Waals surface area contributed by atoms with Crippen molar-refractivity contribution in [3.63, 3.8) is 0 Å². The fourth-order valence-corrected chi connectivity index (χ4v) is 9.44. The van der Waals surface area contributed by atoms with Crippen LogP contribution in [0.4, 0.5) is 4.79 Å². The van der Waals surface area contributed by atoms with Crippen molar-refractivity contribution in [1.29, 1.82) is 0 Å². The number of nitrogens with zero attached hydrogens (tertiary/aromatic N) is 1. The number of rotatable bonds is 5. The summed E-state index contributed by atoms with van der Waals surface area (Å²) in [7, 11) is 0. The Morgan fingerprint density at radius 1 is 0.917 bits per heavy atom. The predicted octanol–water partition coefficient (Wildman–Crippen LogP) is 6.17. The molecule has 36 heavy (non-hydrogen) atoms. The summed E-state index contributed by atoms with van der Waals surface area (Å²) in [5.41, 5.74) is 2.91. The molecule has 2 heterocycles. The maximum atomic E-state index is 13.0. The van der Waals surface area contributed by atoms with Crippen LogP contribution in [0.3, 0.4) is 0 Å². The second-order valence-corrected chi connectivity index (χ2v) is 13.4. The van der Waals surface area contributed by atoms with Gasteiger partial charge in [0.2, 0.25) is 0 Å². The number of H-pyrrole nitrogens is 1. The zero-order valence-corrected chi connectivity index (χ0v) is 21.8. The fourth-order valence-electron chi connectivity index (χ4n) is 9.44. The van der Waals surface area contributed by atoms with Crippen molar-refractivity contribution in [2.45, 2.75) is 94.5 Å². The summed E-state index contributed by atoms with van der Waals surface area (Å²) in [6.45, 7) is 3.68. The van der Waals surface area contributed by atoms with Crippen LogP contribution in [0.5, 0.6) is 0 Å². The molecule has 1 saturated heterocycles. The highest BCUT2D eigenvalue weighted by Crippen LogP contribution is 2.55. The number of amides is 2. The molecule has 0 atom stereocenters. The average Bonchev–Trinajstić information content (AvgIpc) is 3.29. The van der Waals surface area contributed by atoms with E-state index in [1.807, 2.05) is 0 Å². The number of nitrogens with one attached hydrogen (secondary N) is 3. The second-order valence-electron chi connectivity index (χ2n) is 13.4. The highest BCUT2D eigenvalue weighted by molar-refractivity contribution is 5.83. The Balaban J connectivity index is 0.850. The first kappa shape index (κ1) is 23.1. The van der Waals surface area contributed by atoms with Gasteiger partial charge in [-0.05, 0) is 131 Å². The fraction of sp³-hybridized carbons (Fsp3) is 0.710. The van der Waals surface area contributed by atoms with Crippen molar-refractivity contribution in [2.75, 3.05) is 19.6 Å². The lowest BCUT2D eigenvalue weighted by molar-refractivity contribution is -0.0137. The summed E-state index contributed by atoms with van der Waals surface area (Å²) < 4.78 is 0. The number of piperidine rings is 1. The number of aromatic amines is 1. The molecule has 1 aromatic heterocycles. The molecule has 1 aromatic carbocycles. The number of carbonyl (C=O) groups excluding carboxylic acids is 1. The van der Waals surface area contributed by atoms with E-state index >= 15 is 0 Å². The number of hydrogen-bond acceptors (Lipinski definition) is 2. The van der Waals surface area contributed by atoms with E-state index in [9.17, 15) is 4.79 Å². The Hall–Kier alpha value is -2.01. The summed E-state index contributed by atoms with van der Waals surface area (Å²) in [5, 5.41) is 8.31. The Labute approximate surface area is 216 Å². The molecular formula is C31H44N4O. The van der Waals surface area contributed by atoms with Crippen LogP contribution in [-0.4, -0.2) is 47.1 Å². The Morgan fingerprint density at radius 3 is 2.28 bits per heavy atom. The van der Waals surface area contributed by atoms with Gasteiger partial charge in [0.15, 0.2) is 0 Å². The lowest BCUT2D eigenvalue weighted by atomic mass is 9.53. The van der Waals surface area contributed by atoms with Gasteiger partial charge in [0.05, 0.1) is 0 Å². The highest BCUT2D eigenvalue weighted by Gasteiger charge is 2.51. The molecule has 5 nitrogen and oxygen atoms in total. The van der Waals surface area contributed by atoms with Crippen molar-refractivity contribution < 1.29 is 4.79 Å². The van der Waals surface area contributed by atoms with Crippen molar-refractivity contribution in [3.05, 3.63) is 36.0 Å². The average molecular weight is 489 g/mol. The van der Waals surface area contributed by atoms with Crippen LogP contribution in [-0.2, 0) is 0 Å². The molecule has 5 heteroatoms. The van der Waals surface area contributed by atoms with E-state index in [4.69, 9.17) is 0 Å². The molecular weight excluding hydrogens is 444 g/mol. The van der Waals surface area contributed by atoms with Crippen LogP contribution >= 0.6 is 0 Å². The van der Waals surface area contributed by atoms with Gasteiger partial charge in [0, 0.05) is 35.2 Å². The molecule has 5 aliphatic carbocycles. The molecule has 8 rings (SSSR count). The molecule has 2 amide bonds. The second kappa shape index (κ2) is 9.38. The number of fused-ring (bicyclic) bond motifs is 1. The minimum absolute atomic E-state index is 0.120. The third-order valence-corrected chi connectivity index (χ3v) is 10.8. The van der Waals surface area contributed by atoms with Crippen LogP contribution in [0.2, 0.25) is 0 Å². The largest absolute Gasteiger partial charge is 0.361 e. The summed E-state index contributed by atoms with van der Waals surface area (Å²) in [4.78, 5) is 19.2. The number of para-hydroxylation sites is 1. The van der Waals surface area contributed by atoms with Crippen molar-refractivity contribution in [3.8, 4) is 0 Å². The van der Waals surface area contributed by atoms with E-state index in [0.29, 0.717) is 12.0 Å². The first-order valence-electron chi connectivity index (χ1n) is 15.0. The summed E-state index contributed by atoms with van der Waals surface area (Å²) >= 11 is 0. The molecule has 6 aliphatic rings. The van der Waals surface area contributed by atoms with Crippen LogP contribution in [0, 0.1) is 23.7 Å². The number of aromatic nitrogens is 1. The van der Waals surface area contributed by atoms with Gasteiger partial charge in [-0.25, -0.2) is 4.79 Å². The van der Waals surface area contributed by atoms with Crippen molar-refractivity contribution >= 4 is 16.9 Å². The number of carbonyl (C=O) groups is 1. The lowest BCUT2D eigenvalue weighted by Gasteiger charge is -2.56. The summed E-state index contributed by atoms with van der Waals surface area (Å²) in [6, 6.07) is 9.22. The minimum Gasteiger partial charge on any atom is -0.361 e. The van der Waals surface area contributed by atoms with Crippen LogP contribution in [0.15, 0.2) is 30.5 Å². The monoisotopic (exact) mass is 488 g/mol. The van der Waals surface area contributed by atoms with Crippen LogP contribution in [0.25, 0.3) is 10.9 Å². The number of hydrogen-bond donors (Lipinski definition) is 3. The van der Waals surface area contributed by atoms with E-state index in [-0.39, 0.29) is 11.6 Å². The van der Waals surface area contributed by atoms with Crippen molar-refractivity contribution in [1.82, 2.24) is 20.5 Å². The zero-order valence-electron chi connectivity index (χ0n) is 21.8. The van der Waals surface area contributed by atoms with Gasteiger partial charge in [0.25, 0.3) is 0 Å². The quantitative estimate of drug-likeness (QED) is 0.471. The molecule has 5 saturated carbocycles. The van der Waals surface area contributed by atoms with Gasteiger partial charge in [0.1, 0.15) is 0 Å². The Kier molecular flexibility index (Phi) is 6.03. The molecule has 0 spiro atoms. The van der Waals surface area contributed by atoms with E-state index in [1.165, 1.54) is 100 Å². The van der Waals surface area contributed by atoms with E-state index in [0.717, 1.165) is 36.5 Å². The van der Waals surface area contributed by atoms with Gasteiger partial charge in [-0.1, -0.05) is 18.2 Å². The first-order chi connectivity index (χ1) is 17.6. The van der Waals surface area contributed by atoms with E-state index < -0.39 is 0 Å². The molecule has 3 N–H and O–H groups in total. The van der Waals surface area contributed by atoms with Crippen LogP contribution < -0.4 is 10.6 Å². The van der Waals surface area contributed by atoms with E-state index in [1.54, 1.807) is 0 Å². The third kappa shape index (κ3) is 4.57. The predicted molar refractivity (Wildman–Crippen MR) is 145 cm³/mol. The molecule has 2 aromatic rings. The highest BCUT2D eigenvalue weighted by atomic mass is 16.2. The molecule has 0 unspecified atom stereocenters. The zero-order chi connectivity index (χ0) is 24.1. The van der Waals surface area contributed by atoms with Gasteiger partial charge < -0.3 is 20.5 Å². The SMILES string of the molecule is O=C(NC1CCC(CN2CCC(c3c[nH]c4ccccc34)CC2)CC1)NC12CC3CC(CC(C3)C1)C2. The normalized spacial score (nSPS) is 36.8. The van der Waals surface area contributed by atoms with E-state index in [2.05, 4.69) is 51.0 Å². The lowest BCUT2D eigenvalue weighted by Crippen LogP contribution is -2.62. The number of benzene rings is 1. The smallest absolute Gasteiger partial charge is 0.315 e. The maximum Gasteiger partial charge on any atom is 0.315 e. The minimum atomic E-state index is 0.120. The maximum absolute atomic E-state index is 13.0. The molecule has 0 radical (unpaired) electrons. The molecule has 4 bridgehead atoms. The topological polar surface area (TPSA) is 60.2 Å². The number of urea groups is 1. The summed E-state index contributed by atoms with van der Waals surface area (Å²) in [6.07, 6.45) is 17.5. The van der Waals surface area contributed by atoms with Crippen LogP contribution in [0.1, 0.15) is 88.5 Å². The summed E-state index contributed by atoms with van der Waals surface area (Å²) in [5.74, 6) is 4.10. The Morgan fingerprint density at radius 2 is 1.58 bits per heavy atom. The van der Waals surface area contributed by atoms with Gasteiger partial charge >= 0.3 is 6.03 Å². The molecule has 6 fully saturated rings. The first-order valence-corrected chi connectivity index (χ1v) is 15.0. The standard InChI is InChI=1S/C31H44N4O/c36-30(34-31-16-22-13-23(17-31)15-24(14-22)18-31)33-26-7-5-21(6-8-26)20-35-11-9-25(10-12-35)28-19-32-29-4-2-1-3-27(28)29/h1-4,19,21-26,32H,5-18,20H2,(H2,33,34,36). The number of likely N-dealkylation sites (tertiary alicyclic amines) is 1. The van der Waals surface area contributed by atoms with Gasteiger partial charge in [-0.2, -0.15) is 0 Å².